The Balaban J connectivity index is 1.77. The van der Waals surface area contributed by atoms with Gasteiger partial charge >= 0.3 is 0 Å². The van der Waals surface area contributed by atoms with Gasteiger partial charge in [-0.25, -0.2) is 4.68 Å². The summed E-state index contributed by atoms with van der Waals surface area (Å²) in [4.78, 5) is 13.0. The summed E-state index contributed by atoms with van der Waals surface area (Å²) in [5.41, 5.74) is 5.53. The van der Waals surface area contributed by atoms with Gasteiger partial charge in [0.2, 0.25) is 0 Å². The molecule has 3 heteroatoms. The summed E-state index contributed by atoms with van der Waals surface area (Å²) < 4.78 is 1.92. The van der Waals surface area contributed by atoms with Crippen molar-refractivity contribution in [3.63, 3.8) is 0 Å². The molecule has 0 fully saturated rings. The Morgan fingerprint density at radius 3 is 2.33 bits per heavy atom. The van der Waals surface area contributed by atoms with E-state index in [9.17, 15) is 4.79 Å². The van der Waals surface area contributed by atoms with Gasteiger partial charge in [0, 0.05) is 5.57 Å². The van der Waals surface area contributed by atoms with E-state index < -0.39 is 0 Å². The van der Waals surface area contributed by atoms with Crippen LogP contribution in [-0.4, -0.2) is 15.6 Å². The van der Waals surface area contributed by atoms with E-state index in [4.69, 9.17) is 0 Å². The Kier molecular flexibility index (Phi) is 3.62. The first-order valence-corrected chi connectivity index (χ1v) is 8.18. The van der Waals surface area contributed by atoms with Crippen LogP contribution in [-0.2, 0) is 6.42 Å². The molecule has 0 radical (unpaired) electrons. The van der Waals surface area contributed by atoms with Crippen molar-refractivity contribution in [2.45, 2.75) is 19.8 Å². The normalized spacial score (nSPS) is 15.5. The molecule has 2 aromatic carbocycles. The van der Waals surface area contributed by atoms with E-state index in [0.29, 0.717) is 0 Å². The minimum Gasteiger partial charge on any atom is -0.289 e. The van der Waals surface area contributed by atoms with E-state index in [1.807, 2.05) is 78.3 Å². The highest BCUT2D eigenvalue weighted by molar-refractivity contribution is 6.13. The number of Topliss-reactive ketones (excluding diaryl/α,β-unsaturated/α-hetero) is 1. The first-order chi connectivity index (χ1) is 11.7. The summed E-state index contributed by atoms with van der Waals surface area (Å²) in [5.74, 6) is 0.111. The topological polar surface area (TPSA) is 34.9 Å². The van der Waals surface area contributed by atoms with Crippen molar-refractivity contribution in [3.8, 4) is 5.69 Å². The fourth-order valence-corrected chi connectivity index (χ4v) is 3.30. The van der Waals surface area contributed by atoms with Crippen LogP contribution in [0.3, 0.4) is 0 Å². The van der Waals surface area contributed by atoms with Crippen molar-refractivity contribution in [1.29, 1.82) is 0 Å². The summed E-state index contributed by atoms with van der Waals surface area (Å²) in [6, 6.07) is 20.0. The molecule has 3 nitrogen and oxygen atoms in total. The van der Waals surface area contributed by atoms with Crippen LogP contribution in [0.5, 0.6) is 0 Å². The zero-order valence-corrected chi connectivity index (χ0v) is 13.6. The van der Waals surface area contributed by atoms with Gasteiger partial charge in [0.05, 0.1) is 22.6 Å². The van der Waals surface area contributed by atoms with Crippen molar-refractivity contribution in [3.05, 3.63) is 88.8 Å². The van der Waals surface area contributed by atoms with E-state index in [0.717, 1.165) is 46.6 Å². The van der Waals surface area contributed by atoms with Crippen molar-refractivity contribution in [1.82, 2.24) is 9.78 Å². The van der Waals surface area contributed by atoms with Crippen LogP contribution in [0, 0.1) is 6.92 Å². The minimum atomic E-state index is 0.111. The van der Waals surface area contributed by atoms with Crippen LogP contribution in [0.4, 0.5) is 0 Å². The van der Waals surface area contributed by atoms with Crippen molar-refractivity contribution in [2.75, 3.05) is 0 Å². The third kappa shape index (κ3) is 2.48. The van der Waals surface area contributed by atoms with E-state index in [2.05, 4.69) is 5.10 Å². The number of nitrogens with zero attached hydrogens (tertiary/aromatic N) is 2. The lowest BCUT2D eigenvalue weighted by atomic mass is 9.88. The largest absolute Gasteiger partial charge is 0.289 e. The molecule has 118 valence electrons. The number of aryl methyl sites for hydroxylation is 1. The van der Waals surface area contributed by atoms with E-state index in [-0.39, 0.29) is 5.78 Å². The van der Waals surface area contributed by atoms with Crippen molar-refractivity contribution in [2.24, 2.45) is 0 Å². The number of para-hydroxylation sites is 1. The number of hydrogen-bond donors (Lipinski definition) is 0. The molecule has 1 aliphatic rings. The van der Waals surface area contributed by atoms with Gasteiger partial charge in [0.15, 0.2) is 5.78 Å². The molecule has 0 bridgehead atoms. The van der Waals surface area contributed by atoms with Gasteiger partial charge in [-0.3, -0.25) is 4.79 Å². The van der Waals surface area contributed by atoms with Gasteiger partial charge in [-0.2, -0.15) is 5.10 Å². The first kappa shape index (κ1) is 14.6. The molecule has 1 aromatic heterocycles. The molecular weight excluding hydrogens is 296 g/mol. The Hall–Kier alpha value is -2.94. The second-order valence-electron chi connectivity index (χ2n) is 6.06. The number of ketones is 1. The smallest absolute Gasteiger partial charge is 0.192 e. The number of aromatic nitrogens is 2. The van der Waals surface area contributed by atoms with Gasteiger partial charge < -0.3 is 0 Å². The quantitative estimate of drug-likeness (QED) is 0.657. The molecule has 3 aromatic rings. The average molecular weight is 314 g/mol. The number of allylic oxidation sites excluding steroid dienone is 1. The molecule has 0 saturated heterocycles. The lowest BCUT2D eigenvalue weighted by Gasteiger charge is -2.16. The van der Waals surface area contributed by atoms with Gasteiger partial charge in [-0.05, 0) is 43.5 Å². The molecule has 0 atom stereocenters. The molecule has 1 aliphatic carbocycles. The standard InChI is InChI=1S/C21H18N2O/c1-15-20-19(23(22-15)18-10-6-3-7-11-18)13-12-17(21(20)24)14-16-8-4-2-5-9-16/h2-11,14H,12-13H2,1H3/b17-14+. The zero-order chi connectivity index (χ0) is 16.5. The minimum absolute atomic E-state index is 0.111. The van der Waals surface area contributed by atoms with Gasteiger partial charge in [-0.1, -0.05) is 48.5 Å². The Morgan fingerprint density at radius 1 is 0.958 bits per heavy atom. The Bertz CT molecular complexity index is 921. The fraction of sp³-hybridized carbons (Fsp3) is 0.143. The molecular formula is C21H18N2O. The number of carbonyl (C=O) groups excluding carboxylic acids is 1. The number of hydrogen-bond acceptors (Lipinski definition) is 2. The maximum atomic E-state index is 13.0. The highest BCUT2D eigenvalue weighted by Crippen LogP contribution is 2.30. The predicted octanol–water partition coefficient (Wildman–Crippen LogP) is 4.39. The third-order valence-electron chi connectivity index (χ3n) is 4.45. The number of rotatable bonds is 2. The molecule has 4 rings (SSSR count). The Labute approximate surface area is 141 Å². The summed E-state index contributed by atoms with van der Waals surface area (Å²) in [6.45, 7) is 1.92. The van der Waals surface area contributed by atoms with E-state index in [1.54, 1.807) is 0 Å². The van der Waals surface area contributed by atoms with Crippen LogP contribution in [0.1, 0.15) is 33.7 Å². The predicted molar refractivity (Wildman–Crippen MR) is 95.4 cm³/mol. The summed E-state index contributed by atoms with van der Waals surface area (Å²) in [5, 5.41) is 4.62. The molecule has 0 aliphatic heterocycles. The molecule has 0 spiro atoms. The molecule has 0 unspecified atom stereocenters. The third-order valence-corrected chi connectivity index (χ3v) is 4.45. The second kappa shape index (κ2) is 5.93. The molecule has 0 N–H and O–H groups in total. The fourth-order valence-electron chi connectivity index (χ4n) is 3.30. The highest BCUT2D eigenvalue weighted by atomic mass is 16.1. The van der Waals surface area contributed by atoms with E-state index >= 15 is 0 Å². The SMILES string of the molecule is Cc1nn(-c2ccccc2)c2c1C(=O)/C(=C/c1ccccc1)CC2. The summed E-state index contributed by atoms with van der Waals surface area (Å²) >= 11 is 0. The highest BCUT2D eigenvalue weighted by Gasteiger charge is 2.28. The van der Waals surface area contributed by atoms with Gasteiger partial charge in [0.25, 0.3) is 0 Å². The van der Waals surface area contributed by atoms with Crippen LogP contribution in [0.15, 0.2) is 66.2 Å². The number of fused-ring (bicyclic) bond motifs is 1. The lowest BCUT2D eigenvalue weighted by Crippen LogP contribution is -2.16. The zero-order valence-electron chi connectivity index (χ0n) is 13.6. The van der Waals surface area contributed by atoms with Crippen molar-refractivity contribution < 1.29 is 4.79 Å². The van der Waals surface area contributed by atoms with Crippen LogP contribution in [0.2, 0.25) is 0 Å². The molecule has 0 saturated carbocycles. The van der Waals surface area contributed by atoms with Gasteiger partial charge in [-0.15, -0.1) is 0 Å². The molecule has 0 amide bonds. The summed E-state index contributed by atoms with van der Waals surface area (Å²) in [6.07, 6.45) is 3.58. The maximum absolute atomic E-state index is 13.0. The Morgan fingerprint density at radius 2 is 1.62 bits per heavy atom. The first-order valence-electron chi connectivity index (χ1n) is 8.18. The van der Waals surface area contributed by atoms with Crippen molar-refractivity contribution >= 4 is 11.9 Å². The van der Waals surface area contributed by atoms with Crippen LogP contribution in [0.25, 0.3) is 11.8 Å². The van der Waals surface area contributed by atoms with Gasteiger partial charge in [0.1, 0.15) is 0 Å². The second-order valence-corrected chi connectivity index (χ2v) is 6.06. The lowest BCUT2D eigenvalue weighted by molar-refractivity contribution is 0.102. The maximum Gasteiger partial charge on any atom is 0.192 e. The number of benzene rings is 2. The van der Waals surface area contributed by atoms with Crippen LogP contribution >= 0.6 is 0 Å². The van der Waals surface area contributed by atoms with E-state index in [1.165, 1.54) is 0 Å². The number of carbonyl (C=O) groups is 1. The molecule has 24 heavy (non-hydrogen) atoms. The molecule has 1 heterocycles. The van der Waals surface area contributed by atoms with Crippen LogP contribution < -0.4 is 0 Å². The summed E-state index contributed by atoms with van der Waals surface area (Å²) in [7, 11) is 0. The monoisotopic (exact) mass is 314 g/mol. The average Bonchev–Trinajstić information content (AvgIpc) is 2.96.